The number of nitrogens with one attached hydrogen (secondary N) is 1. The number of thioether (sulfide) groups is 1. The number of aliphatic imine (C=N–C) groups is 1. The second kappa shape index (κ2) is 10.6. The van der Waals surface area contributed by atoms with Gasteiger partial charge in [0, 0.05) is 46.3 Å². The summed E-state index contributed by atoms with van der Waals surface area (Å²) in [5, 5.41) is 3.51. The predicted molar refractivity (Wildman–Crippen MR) is 102 cm³/mol. The van der Waals surface area contributed by atoms with Crippen LogP contribution in [0.2, 0.25) is 0 Å². The number of unbranched alkanes of at least 4 members (excludes halogenated alkanes) is 1. The third-order valence-electron chi connectivity index (χ3n) is 4.19. The van der Waals surface area contributed by atoms with E-state index < -0.39 is 0 Å². The maximum absolute atomic E-state index is 4.45. The molecule has 23 heavy (non-hydrogen) atoms. The van der Waals surface area contributed by atoms with Crippen LogP contribution < -0.4 is 5.32 Å². The third-order valence-corrected chi connectivity index (χ3v) is 4.89. The zero-order valence-electron chi connectivity index (χ0n) is 14.5. The lowest BCUT2D eigenvalue weighted by Crippen LogP contribution is -2.52. The van der Waals surface area contributed by atoms with Gasteiger partial charge in [0.2, 0.25) is 0 Å². The first-order valence-corrected chi connectivity index (χ1v) is 9.93. The number of hydrogen-bond acceptors (Lipinski definition) is 3. The van der Waals surface area contributed by atoms with Crippen LogP contribution in [0.25, 0.3) is 0 Å². The van der Waals surface area contributed by atoms with Gasteiger partial charge in [0.15, 0.2) is 5.96 Å². The molecule has 1 aliphatic rings. The van der Waals surface area contributed by atoms with Crippen LogP contribution in [0.15, 0.2) is 35.3 Å². The van der Waals surface area contributed by atoms with Gasteiger partial charge in [-0.05, 0) is 30.4 Å². The number of rotatable bonds is 7. The van der Waals surface area contributed by atoms with Crippen LogP contribution in [0.5, 0.6) is 0 Å². The van der Waals surface area contributed by atoms with Gasteiger partial charge in [-0.2, -0.15) is 11.8 Å². The van der Waals surface area contributed by atoms with Crippen molar-refractivity contribution in [3.8, 4) is 0 Å². The summed E-state index contributed by atoms with van der Waals surface area (Å²) >= 11 is 1.92. The molecule has 1 heterocycles. The first-order valence-electron chi connectivity index (χ1n) is 8.54. The predicted octanol–water partition coefficient (Wildman–Crippen LogP) is 2.52. The van der Waals surface area contributed by atoms with E-state index in [2.05, 4.69) is 56.7 Å². The summed E-state index contributed by atoms with van der Waals surface area (Å²) in [7, 11) is 1.89. The minimum absolute atomic E-state index is 1.03. The Hall–Kier alpha value is -1.20. The molecule has 1 aliphatic heterocycles. The van der Waals surface area contributed by atoms with Crippen LogP contribution in [0.1, 0.15) is 18.4 Å². The van der Waals surface area contributed by atoms with E-state index in [1.54, 1.807) is 0 Å². The Kier molecular flexibility index (Phi) is 8.32. The topological polar surface area (TPSA) is 30.9 Å². The van der Waals surface area contributed by atoms with Crippen molar-refractivity contribution in [3.63, 3.8) is 0 Å². The average Bonchev–Trinajstić information content (AvgIpc) is 2.60. The van der Waals surface area contributed by atoms with E-state index in [-0.39, 0.29) is 0 Å². The number of benzene rings is 1. The lowest BCUT2D eigenvalue weighted by Gasteiger charge is -2.36. The third kappa shape index (κ3) is 6.43. The quantitative estimate of drug-likeness (QED) is 0.472. The Morgan fingerprint density at radius 3 is 2.52 bits per heavy atom. The summed E-state index contributed by atoms with van der Waals surface area (Å²) in [4.78, 5) is 9.36. The number of guanidine groups is 1. The minimum Gasteiger partial charge on any atom is -0.356 e. The van der Waals surface area contributed by atoms with Gasteiger partial charge in [0.05, 0.1) is 0 Å². The fourth-order valence-electron chi connectivity index (χ4n) is 2.86. The van der Waals surface area contributed by atoms with Crippen LogP contribution in [0.3, 0.4) is 0 Å². The molecule has 1 fully saturated rings. The van der Waals surface area contributed by atoms with E-state index in [1.165, 1.54) is 24.2 Å². The standard InChI is InChI=1S/C18H30N4S/c1-19-18(20-10-6-7-15-23-2)22-13-11-21(12-14-22)16-17-8-4-3-5-9-17/h3-5,8-9H,6-7,10-16H2,1-2H3,(H,19,20). The smallest absolute Gasteiger partial charge is 0.193 e. The van der Waals surface area contributed by atoms with Crippen molar-refractivity contribution in [2.45, 2.75) is 19.4 Å². The number of piperazine rings is 1. The molecule has 1 saturated heterocycles. The lowest BCUT2D eigenvalue weighted by atomic mass is 10.2. The highest BCUT2D eigenvalue weighted by Gasteiger charge is 2.19. The van der Waals surface area contributed by atoms with Crippen molar-refractivity contribution < 1.29 is 0 Å². The van der Waals surface area contributed by atoms with E-state index in [4.69, 9.17) is 0 Å². The van der Waals surface area contributed by atoms with E-state index in [1.807, 2.05) is 18.8 Å². The molecule has 0 unspecified atom stereocenters. The highest BCUT2D eigenvalue weighted by atomic mass is 32.2. The molecule has 0 radical (unpaired) electrons. The van der Waals surface area contributed by atoms with Crippen molar-refractivity contribution in [2.75, 3.05) is 51.8 Å². The van der Waals surface area contributed by atoms with Crippen LogP contribution in [0, 0.1) is 0 Å². The van der Waals surface area contributed by atoms with E-state index in [9.17, 15) is 0 Å². The molecule has 0 spiro atoms. The summed E-state index contributed by atoms with van der Waals surface area (Å²) in [6.45, 7) is 6.38. The summed E-state index contributed by atoms with van der Waals surface area (Å²) in [6, 6.07) is 10.7. The normalized spacial score (nSPS) is 16.6. The molecule has 0 saturated carbocycles. The minimum atomic E-state index is 1.03. The Labute approximate surface area is 145 Å². The molecule has 1 aromatic carbocycles. The molecule has 0 bridgehead atoms. The summed E-state index contributed by atoms with van der Waals surface area (Å²) in [5.41, 5.74) is 1.40. The van der Waals surface area contributed by atoms with Gasteiger partial charge >= 0.3 is 0 Å². The van der Waals surface area contributed by atoms with E-state index in [0.717, 1.165) is 45.2 Å². The zero-order valence-corrected chi connectivity index (χ0v) is 15.3. The van der Waals surface area contributed by atoms with Gasteiger partial charge < -0.3 is 10.2 Å². The van der Waals surface area contributed by atoms with Crippen molar-refractivity contribution in [1.29, 1.82) is 0 Å². The molecule has 4 nitrogen and oxygen atoms in total. The van der Waals surface area contributed by atoms with Gasteiger partial charge in [-0.15, -0.1) is 0 Å². The Balaban J connectivity index is 1.69. The molecule has 0 atom stereocenters. The van der Waals surface area contributed by atoms with Crippen LogP contribution in [-0.2, 0) is 6.54 Å². The van der Waals surface area contributed by atoms with Crippen molar-refractivity contribution >= 4 is 17.7 Å². The van der Waals surface area contributed by atoms with Gasteiger partial charge in [0.1, 0.15) is 0 Å². The van der Waals surface area contributed by atoms with Crippen molar-refractivity contribution in [3.05, 3.63) is 35.9 Å². The van der Waals surface area contributed by atoms with E-state index in [0.29, 0.717) is 0 Å². The van der Waals surface area contributed by atoms with E-state index >= 15 is 0 Å². The summed E-state index contributed by atoms with van der Waals surface area (Å²) < 4.78 is 0. The molecule has 5 heteroatoms. The molecule has 2 rings (SSSR count). The maximum atomic E-state index is 4.45. The number of hydrogen-bond donors (Lipinski definition) is 1. The highest BCUT2D eigenvalue weighted by molar-refractivity contribution is 7.98. The van der Waals surface area contributed by atoms with Crippen LogP contribution in [-0.4, -0.2) is 67.5 Å². The van der Waals surface area contributed by atoms with Gasteiger partial charge in [-0.3, -0.25) is 9.89 Å². The molecule has 0 aliphatic carbocycles. The highest BCUT2D eigenvalue weighted by Crippen LogP contribution is 2.08. The first kappa shape index (κ1) is 18.1. The molecule has 1 aromatic rings. The molecule has 0 amide bonds. The Morgan fingerprint density at radius 1 is 1.13 bits per heavy atom. The zero-order chi connectivity index (χ0) is 16.3. The first-order chi connectivity index (χ1) is 11.3. The molecule has 128 valence electrons. The maximum Gasteiger partial charge on any atom is 0.193 e. The lowest BCUT2D eigenvalue weighted by molar-refractivity contribution is 0.172. The van der Waals surface area contributed by atoms with Gasteiger partial charge in [-0.25, -0.2) is 0 Å². The van der Waals surface area contributed by atoms with Crippen LogP contribution in [0.4, 0.5) is 0 Å². The Bertz CT molecular complexity index is 455. The summed E-state index contributed by atoms with van der Waals surface area (Å²) in [5.74, 6) is 2.31. The van der Waals surface area contributed by atoms with Gasteiger partial charge in [0.25, 0.3) is 0 Å². The molecule has 1 N–H and O–H groups in total. The fourth-order valence-corrected chi connectivity index (χ4v) is 3.36. The molecular formula is C18H30N4S. The largest absolute Gasteiger partial charge is 0.356 e. The summed E-state index contributed by atoms with van der Waals surface area (Å²) in [6.07, 6.45) is 4.66. The monoisotopic (exact) mass is 334 g/mol. The number of nitrogens with zero attached hydrogens (tertiary/aromatic N) is 3. The van der Waals surface area contributed by atoms with Gasteiger partial charge in [-0.1, -0.05) is 30.3 Å². The SMILES string of the molecule is CN=C(NCCCCSC)N1CCN(Cc2ccccc2)CC1. The Morgan fingerprint density at radius 2 is 1.87 bits per heavy atom. The average molecular weight is 335 g/mol. The van der Waals surface area contributed by atoms with Crippen molar-refractivity contribution in [2.24, 2.45) is 4.99 Å². The molecular weight excluding hydrogens is 304 g/mol. The molecule has 0 aromatic heterocycles. The van der Waals surface area contributed by atoms with Crippen LogP contribution >= 0.6 is 11.8 Å². The second-order valence-electron chi connectivity index (χ2n) is 5.92. The fraction of sp³-hybridized carbons (Fsp3) is 0.611. The second-order valence-corrected chi connectivity index (χ2v) is 6.91. The van der Waals surface area contributed by atoms with Crippen molar-refractivity contribution in [1.82, 2.24) is 15.1 Å².